The van der Waals surface area contributed by atoms with Crippen LogP contribution in [0.5, 0.6) is 5.75 Å². The summed E-state index contributed by atoms with van der Waals surface area (Å²) in [6.07, 6.45) is 0.976. The number of nitrogens with zero attached hydrogens (tertiary/aromatic N) is 2. The number of rotatable bonds is 3. The third kappa shape index (κ3) is 2.25. The van der Waals surface area contributed by atoms with Gasteiger partial charge in [-0.15, -0.1) is 0 Å². The van der Waals surface area contributed by atoms with Gasteiger partial charge in [-0.2, -0.15) is 11.8 Å². The van der Waals surface area contributed by atoms with Gasteiger partial charge in [-0.05, 0) is 30.7 Å². The molecule has 0 fully saturated rings. The predicted molar refractivity (Wildman–Crippen MR) is 85.8 cm³/mol. The zero-order valence-electron chi connectivity index (χ0n) is 12.0. The third-order valence-corrected chi connectivity index (χ3v) is 4.84. The molecule has 2 aliphatic heterocycles. The Labute approximate surface area is 128 Å². The highest BCUT2D eigenvalue weighted by molar-refractivity contribution is 7.98. The van der Waals surface area contributed by atoms with E-state index in [2.05, 4.69) is 24.4 Å². The van der Waals surface area contributed by atoms with E-state index in [1.807, 2.05) is 17.8 Å². The van der Waals surface area contributed by atoms with Gasteiger partial charge in [-0.3, -0.25) is 0 Å². The molecular formula is C16H17N3OS. The topological polar surface area (TPSA) is 47.0 Å². The number of anilines is 1. The van der Waals surface area contributed by atoms with Crippen molar-refractivity contribution in [2.24, 2.45) is 0 Å². The molecule has 0 aliphatic carbocycles. The lowest BCUT2D eigenvalue weighted by Crippen LogP contribution is -2.06. The first kappa shape index (κ1) is 13.0. The molecule has 1 N–H and O–H groups in total. The fourth-order valence-electron chi connectivity index (χ4n) is 2.82. The SMILES string of the molecule is CCNc1nc(-c2ccc3c(c2)CCO3)nc2c1CSC2. The summed E-state index contributed by atoms with van der Waals surface area (Å²) in [6, 6.07) is 6.27. The van der Waals surface area contributed by atoms with Crippen molar-refractivity contribution < 1.29 is 4.74 Å². The molecule has 0 unspecified atom stereocenters. The standard InChI is InChI=1S/C16H17N3OS/c1-2-17-16-12-8-21-9-13(12)18-15(19-16)11-3-4-14-10(7-11)5-6-20-14/h3-4,7H,2,5-6,8-9H2,1H3,(H,17,18,19). The van der Waals surface area contributed by atoms with E-state index in [1.165, 1.54) is 16.8 Å². The van der Waals surface area contributed by atoms with Gasteiger partial charge in [0.1, 0.15) is 11.6 Å². The fourth-order valence-corrected chi connectivity index (χ4v) is 3.86. The van der Waals surface area contributed by atoms with Crippen LogP contribution in [0.4, 0.5) is 5.82 Å². The average Bonchev–Trinajstić information content (AvgIpc) is 3.15. The highest BCUT2D eigenvalue weighted by atomic mass is 32.2. The maximum absolute atomic E-state index is 5.57. The second-order valence-electron chi connectivity index (χ2n) is 5.27. The van der Waals surface area contributed by atoms with Crippen LogP contribution in [-0.2, 0) is 17.9 Å². The van der Waals surface area contributed by atoms with Gasteiger partial charge in [0.2, 0.25) is 0 Å². The van der Waals surface area contributed by atoms with Gasteiger partial charge < -0.3 is 10.1 Å². The van der Waals surface area contributed by atoms with Gasteiger partial charge in [-0.25, -0.2) is 9.97 Å². The zero-order chi connectivity index (χ0) is 14.2. The molecule has 5 heteroatoms. The van der Waals surface area contributed by atoms with Crippen LogP contribution in [0.2, 0.25) is 0 Å². The summed E-state index contributed by atoms with van der Waals surface area (Å²) in [4.78, 5) is 9.53. The van der Waals surface area contributed by atoms with Crippen LogP contribution in [0.3, 0.4) is 0 Å². The Morgan fingerprint density at radius 1 is 1.29 bits per heavy atom. The molecule has 2 aliphatic rings. The normalized spacial score (nSPS) is 15.5. The summed E-state index contributed by atoms with van der Waals surface area (Å²) in [6.45, 7) is 3.76. The summed E-state index contributed by atoms with van der Waals surface area (Å²) < 4.78 is 5.57. The highest BCUT2D eigenvalue weighted by Crippen LogP contribution is 2.35. The van der Waals surface area contributed by atoms with Crippen LogP contribution < -0.4 is 10.1 Å². The predicted octanol–water partition coefficient (Wildman–Crippen LogP) is 3.26. The van der Waals surface area contributed by atoms with Crippen molar-refractivity contribution in [2.45, 2.75) is 24.9 Å². The molecule has 0 atom stereocenters. The summed E-state index contributed by atoms with van der Waals surface area (Å²) in [5.74, 6) is 4.82. The van der Waals surface area contributed by atoms with Crippen LogP contribution >= 0.6 is 11.8 Å². The van der Waals surface area contributed by atoms with Gasteiger partial charge in [0.15, 0.2) is 5.82 Å². The van der Waals surface area contributed by atoms with E-state index < -0.39 is 0 Å². The minimum Gasteiger partial charge on any atom is -0.493 e. The molecule has 4 nitrogen and oxygen atoms in total. The Balaban J connectivity index is 1.79. The molecule has 1 aromatic carbocycles. The van der Waals surface area contributed by atoms with E-state index >= 15 is 0 Å². The van der Waals surface area contributed by atoms with Gasteiger partial charge in [0.05, 0.1) is 12.3 Å². The van der Waals surface area contributed by atoms with E-state index in [9.17, 15) is 0 Å². The lowest BCUT2D eigenvalue weighted by atomic mass is 10.1. The maximum Gasteiger partial charge on any atom is 0.161 e. The Hall–Kier alpha value is -1.75. The Morgan fingerprint density at radius 3 is 3.14 bits per heavy atom. The molecule has 1 aromatic heterocycles. The van der Waals surface area contributed by atoms with Crippen molar-refractivity contribution >= 4 is 17.6 Å². The monoisotopic (exact) mass is 299 g/mol. The molecule has 0 bridgehead atoms. The molecule has 0 radical (unpaired) electrons. The quantitative estimate of drug-likeness (QED) is 0.942. The number of hydrogen-bond acceptors (Lipinski definition) is 5. The van der Waals surface area contributed by atoms with Crippen molar-refractivity contribution in [2.75, 3.05) is 18.5 Å². The molecule has 0 saturated heterocycles. The average molecular weight is 299 g/mol. The summed E-state index contributed by atoms with van der Waals surface area (Å²) in [7, 11) is 0. The number of aromatic nitrogens is 2. The highest BCUT2D eigenvalue weighted by Gasteiger charge is 2.21. The first-order chi connectivity index (χ1) is 10.3. The van der Waals surface area contributed by atoms with Crippen LogP contribution in [0.1, 0.15) is 23.7 Å². The van der Waals surface area contributed by atoms with E-state index in [-0.39, 0.29) is 0 Å². The maximum atomic E-state index is 5.57. The Morgan fingerprint density at radius 2 is 2.24 bits per heavy atom. The first-order valence-electron chi connectivity index (χ1n) is 7.32. The molecule has 108 valence electrons. The van der Waals surface area contributed by atoms with E-state index in [1.54, 1.807) is 0 Å². The molecule has 0 amide bonds. The van der Waals surface area contributed by atoms with Gasteiger partial charge in [0, 0.05) is 35.6 Å². The zero-order valence-corrected chi connectivity index (χ0v) is 12.8. The van der Waals surface area contributed by atoms with Gasteiger partial charge in [-0.1, -0.05) is 0 Å². The molecule has 2 aromatic rings. The molecule has 0 saturated carbocycles. The molecular weight excluding hydrogens is 282 g/mol. The lowest BCUT2D eigenvalue weighted by molar-refractivity contribution is 0.357. The fraction of sp³-hybridized carbons (Fsp3) is 0.375. The summed E-state index contributed by atoms with van der Waals surface area (Å²) >= 11 is 1.90. The summed E-state index contributed by atoms with van der Waals surface area (Å²) in [5, 5.41) is 3.38. The van der Waals surface area contributed by atoms with Crippen molar-refractivity contribution in [3.8, 4) is 17.1 Å². The second-order valence-corrected chi connectivity index (χ2v) is 6.25. The van der Waals surface area contributed by atoms with E-state index in [0.717, 1.165) is 54.0 Å². The largest absolute Gasteiger partial charge is 0.493 e. The third-order valence-electron chi connectivity index (χ3n) is 3.87. The first-order valence-corrected chi connectivity index (χ1v) is 8.48. The number of benzene rings is 1. The van der Waals surface area contributed by atoms with E-state index in [0.29, 0.717) is 0 Å². The minimum absolute atomic E-state index is 0.781. The van der Waals surface area contributed by atoms with Crippen molar-refractivity contribution in [1.29, 1.82) is 0 Å². The molecule has 21 heavy (non-hydrogen) atoms. The number of ether oxygens (including phenoxy) is 1. The minimum atomic E-state index is 0.781. The smallest absolute Gasteiger partial charge is 0.161 e. The van der Waals surface area contributed by atoms with Crippen LogP contribution in [0.15, 0.2) is 18.2 Å². The molecule has 0 spiro atoms. The lowest BCUT2D eigenvalue weighted by Gasteiger charge is -2.11. The van der Waals surface area contributed by atoms with Crippen LogP contribution in [0.25, 0.3) is 11.4 Å². The van der Waals surface area contributed by atoms with E-state index in [4.69, 9.17) is 14.7 Å². The molecule has 4 rings (SSSR count). The summed E-state index contributed by atoms with van der Waals surface area (Å²) in [5.41, 5.74) is 4.79. The van der Waals surface area contributed by atoms with Crippen molar-refractivity contribution in [3.05, 3.63) is 35.0 Å². The Kier molecular flexibility index (Phi) is 3.22. The Bertz CT molecular complexity index is 702. The number of nitrogens with one attached hydrogen (secondary N) is 1. The van der Waals surface area contributed by atoms with Gasteiger partial charge in [0.25, 0.3) is 0 Å². The number of fused-ring (bicyclic) bond motifs is 2. The number of thioether (sulfide) groups is 1. The number of hydrogen-bond donors (Lipinski definition) is 1. The van der Waals surface area contributed by atoms with Crippen LogP contribution in [0, 0.1) is 0 Å². The molecule has 3 heterocycles. The second kappa shape index (κ2) is 5.22. The van der Waals surface area contributed by atoms with Crippen molar-refractivity contribution in [1.82, 2.24) is 9.97 Å². The van der Waals surface area contributed by atoms with Crippen LogP contribution in [-0.4, -0.2) is 23.1 Å². The van der Waals surface area contributed by atoms with Gasteiger partial charge >= 0.3 is 0 Å². The van der Waals surface area contributed by atoms with Crippen molar-refractivity contribution in [3.63, 3.8) is 0 Å².